The first-order valence-electron chi connectivity index (χ1n) is 11.7. The summed E-state index contributed by atoms with van der Waals surface area (Å²) >= 11 is 0. The van der Waals surface area contributed by atoms with Crippen molar-refractivity contribution in [2.75, 3.05) is 6.54 Å². The summed E-state index contributed by atoms with van der Waals surface area (Å²) in [5.41, 5.74) is 12.4. The Hall–Kier alpha value is -3.02. The lowest BCUT2D eigenvalue weighted by Crippen LogP contribution is -2.33. The maximum Gasteiger partial charge on any atom is 0.121 e. The number of imidazole rings is 1. The smallest absolute Gasteiger partial charge is 0.121 e. The molecule has 0 radical (unpaired) electrons. The monoisotopic (exact) mass is 425 g/mol. The van der Waals surface area contributed by atoms with Crippen LogP contribution in [0.5, 0.6) is 0 Å². The minimum Gasteiger partial charge on any atom is -0.341 e. The van der Waals surface area contributed by atoms with Crippen molar-refractivity contribution < 1.29 is 0 Å². The standard InChI is InChI=1S/C27H31N5/c28-22(20-9-2-1-3-10-20)13-8-18-32(19-26-30-23-14-4-5-15-24(23)31-26)25-16-6-11-21-12-7-17-29-27(21)25/h1-5,7,9-10,12,14-15,17,22,25H,6,8,11,13,16,18-19,28H2,(H,30,31)/t22?,25-/m1/s1. The molecule has 0 spiro atoms. The maximum atomic E-state index is 6.49. The summed E-state index contributed by atoms with van der Waals surface area (Å²) in [6, 6.07) is 23.3. The highest BCUT2D eigenvalue weighted by Gasteiger charge is 2.27. The molecule has 32 heavy (non-hydrogen) atoms. The van der Waals surface area contributed by atoms with E-state index in [0.717, 1.165) is 55.6 Å². The zero-order chi connectivity index (χ0) is 21.8. The zero-order valence-corrected chi connectivity index (χ0v) is 18.5. The van der Waals surface area contributed by atoms with Crippen LogP contribution in [0, 0.1) is 0 Å². The molecule has 2 aromatic carbocycles. The number of para-hydroxylation sites is 2. The minimum absolute atomic E-state index is 0.0704. The summed E-state index contributed by atoms with van der Waals surface area (Å²) in [4.78, 5) is 15.7. The van der Waals surface area contributed by atoms with E-state index in [1.807, 2.05) is 24.4 Å². The van der Waals surface area contributed by atoms with Gasteiger partial charge in [0.1, 0.15) is 5.82 Å². The average Bonchev–Trinajstić information content (AvgIpc) is 3.26. The topological polar surface area (TPSA) is 70.8 Å². The van der Waals surface area contributed by atoms with Crippen molar-refractivity contribution in [3.63, 3.8) is 0 Å². The fourth-order valence-corrected chi connectivity index (χ4v) is 4.94. The van der Waals surface area contributed by atoms with E-state index >= 15 is 0 Å². The van der Waals surface area contributed by atoms with E-state index < -0.39 is 0 Å². The molecule has 5 nitrogen and oxygen atoms in total. The number of aromatic amines is 1. The van der Waals surface area contributed by atoms with Crippen LogP contribution in [0.2, 0.25) is 0 Å². The van der Waals surface area contributed by atoms with Crippen LogP contribution in [0.1, 0.15) is 60.4 Å². The van der Waals surface area contributed by atoms with Gasteiger partial charge in [-0.1, -0.05) is 48.5 Å². The third-order valence-corrected chi connectivity index (χ3v) is 6.59. The second kappa shape index (κ2) is 9.63. The molecule has 5 rings (SSSR count). The summed E-state index contributed by atoms with van der Waals surface area (Å²) in [5, 5.41) is 0. The lowest BCUT2D eigenvalue weighted by molar-refractivity contribution is 0.158. The minimum atomic E-state index is 0.0704. The van der Waals surface area contributed by atoms with Gasteiger partial charge in [-0.05, 0) is 68.0 Å². The van der Waals surface area contributed by atoms with Gasteiger partial charge in [0.2, 0.25) is 0 Å². The first kappa shape index (κ1) is 20.9. The highest BCUT2D eigenvalue weighted by molar-refractivity contribution is 5.74. The summed E-state index contributed by atoms with van der Waals surface area (Å²) in [6.07, 6.45) is 7.38. The maximum absolute atomic E-state index is 6.49. The quantitative estimate of drug-likeness (QED) is 0.401. The number of aryl methyl sites for hydroxylation is 1. The second-order valence-electron chi connectivity index (χ2n) is 8.79. The van der Waals surface area contributed by atoms with E-state index in [1.165, 1.54) is 23.2 Å². The van der Waals surface area contributed by atoms with Crippen LogP contribution in [-0.4, -0.2) is 26.4 Å². The molecule has 2 aromatic heterocycles. The number of hydrogen-bond acceptors (Lipinski definition) is 4. The molecule has 0 saturated carbocycles. The van der Waals surface area contributed by atoms with Gasteiger partial charge in [0.05, 0.1) is 29.3 Å². The number of benzene rings is 2. The number of hydrogen-bond donors (Lipinski definition) is 2. The summed E-state index contributed by atoms with van der Waals surface area (Å²) in [5.74, 6) is 1.02. The molecule has 1 aliphatic carbocycles. The van der Waals surface area contributed by atoms with Crippen LogP contribution in [0.3, 0.4) is 0 Å². The van der Waals surface area contributed by atoms with E-state index in [1.54, 1.807) is 0 Å². The number of nitrogens with zero attached hydrogens (tertiary/aromatic N) is 3. The number of aromatic nitrogens is 3. The molecule has 2 heterocycles. The number of nitrogens with two attached hydrogens (primary N) is 1. The molecule has 4 aromatic rings. The van der Waals surface area contributed by atoms with Crippen molar-refractivity contribution in [1.82, 2.24) is 19.9 Å². The predicted octanol–water partition coefficient (Wildman–Crippen LogP) is 5.32. The molecule has 2 atom stereocenters. The molecule has 164 valence electrons. The number of H-pyrrole nitrogens is 1. The van der Waals surface area contributed by atoms with Crippen molar-refractivity contribution in [1.29, 1.82) is 0 Å². The van der Waals surface area contributed by atoms with Gasteiger partial charge in [-0.2, -0.15) is 0 Å². The molecule has 3 N–H and O–H groups in total. The largest absolute Gasteiger partial charge is 0.341 e. The molecule has 5 heteroatoms. The normalized spacial score (nSPS) is 16.9. The van der Waals surface area contributed by atoms with Gasteiger partial charge in [-0.25, -0.2) is 4.98 Å². The van der Waals surface area contributed by atoms with Gasteiger partial charge in [-0.3, -0.25) is 9.88 Å². The third kappa shape index (κ3) is 4.59. The van der Waals surface area contributed by atoms with Crippen LogP contribution in [0.15, 0.2) is 72.9 Å². The Bertz CT molecular complexity index is 1120. The second-order valence-corrected chi connectivity index (χ2v) is 8.79. The first-order chi connectivity index (χ1) is 15.8. The Morgan fingerprint density at radius 2 is 1.88 bits per heavy atom. The number of pyridine rings is 1. The Morgan fingerprint density at radius 3 is 2.75 bits per heavy atom. The molecule has 1 unspecified atom stereocenters. The molecule has 0 fully saturated rings. The van der Waals surface area contributed by atoms with Crippen molar-refractivity contribution >= 4 is 11.0 Å². The summed E-state index contributed by atoms with van der Waals surface area (Å²) < 4.78 is 0. The van der Waals surface area contributed by atoms with Crippen molar-refractivity contribution in [2.45, 2.75) is 50.7 Å². The molecular formula is C27H31N5. The fourth-order valence-electron chi connectivity index (χ4n) is 4.94. The molecule has 0 saturated heterocycles. The molecule has 0 aliphatic heterocycles. The van der Waals surface area contributed by atoms with E-state index in [4.69, 9.17) is 15.7 Å². The van der Waals surface area contributed by atoms with Gasteiger partial charge < -0.3 is 10.7 Å². The van der Waals surface area contributed by atoms with Crippen LogP contribution in [0.25, 0.3) is 11.0 Å². The Morgan fingerprint density at radius 1 is 1.03 bits per heavy atom. The van der Waals surface area contributed by atoms with Gasteiger partial charge in [0.25, 0.3) is 0 Å². The van der Waals surface area contributed by atoms with Crippen molar-refractivity contribution in [2.24, 2.45) is 5.73 Å². The first-order valence-corrected chi connectivity index (χ1v) is 11.7. The van der Waals surface area contributed by atoms with Crippen LogP contribution < -0.4 is 5.73 Å². The third-order valence-electron chi connectivity index (χ3n) is 6.59. The number of rotatable bonds is 8. The molecule has 0 amide bonds. The van der Waals surface area contributed by atoms with Crippen molar-refractivity contribution in [3.8, 4) is 0 Å². The van der Waals surface area contributed by atoms with E-state index in [2.05, 4.69) is 58.4 Å². The van der Waals surface area contributed by atoms with Crippen molar-refractivity contribution in [3.05, 3.63) is 95.6 Å². The van der Waals surface area contributed by atoms with Crippen LogP contribution >= 0.6 is 0 Å². The van der Waals surface area contributed by atoms with E-state index in [-0.39, 0.29) is 6.04 Å². The van der Waals surface area contributed by atoms with Crippen LogP contribution in [-0.2, 0) is 13.0 Å². The number of fused-ring (bicyclic) bond motifs is 2. The van der Waals surface area contributed by atoms with E-state index in [0.29, 0.717) is 6.04 Å². The van der Waals surface area contributed by atoms with Gasteiger partial charge >= 0.3 is 0 Å². The lowest BCUT2D eigenvalue weighted by atomic mass is 9.90. The highest BCUT2D eigenvalue weighted by Crippen LogP contribution is 2.34. The SMILES string of the molecule is NC(CCCN(Cc1nc2ccccc2[nH]1)[C@@H]1CCCc2cccnc21)c1ccccc1. The fraction of sp³-hybridized carbons (Fsp3) is 0.333. The molecule has 1 aliphatic rings. The predicted molar refractivity (Wildman–Crippen MR) is 129 cm³/mol. The number of nitrogens with one attached hydrogen (secondary N) is 1. The Kier molecular flexibility index (Phi) is 6.28. The van der Waals surface area contributed by atoms with Gasteiger partial charge in [0, 0.05) is 12.2 Å². The van der Waals surface area contributed by atoms with Gasteiger partial charge in [-0.15, -0.1) is 0 Å². The average molecular weight is 426 g/mol. The van der Waals surface area contributed by atoms with Gasteiger partial charge in [0.15, 0.2) is 0 Å². The summed E-state index contributed by atoms with van der Waals surface area (Å²) in [6.45, 7) is 1.76. The molecular weight excluding hydrogens is 394 g/mol. The summed E-state index contributed by atoms with van der Waals surface area (Å²) in [7, 11) is 0. The van der Waals surface area contributed by atoms with Crippen LogP contribution in [0.4, 0.5) is 0 Å². The van der Waals surface area contributed by atoms with E-state index in [9.17, 15) is 0 Å². The highest BCUT2D eigenvalue weighted by atomic mass is 15.2. The zero-order valence-electron chi connectivity index (χ0n) is 18.5. The molecule has 0 bridgehead atoms. The Labute approximate surface area is 189 Å². The lowest BCUT2D eigenvalue weighted by Gasteiger charge is -2.34. The Balaban J connectivity index is 1.35.